The van der Waals surface area contributed by atoms with E-state index < -0.39 is 15.7 Å². The van der Waals surface area contributed by atoms with E-state index in [1.165, 1.54) is 18.2 Å². The second kappa shape index (κ2) is 5.88. The van der Waals surface area contributed by atoms with E-state index in [1.807, 2.05) is 0 Å². The van der Waals surface area contributed by atoms with E-state index >= 15 is 0 Å². The Hall–Kier alpha value is -1.47. The highest BCUT2D eigenvalue weighted by molar-refractivity contribution is 7.91. The van der Waals surface area contributed by atoms with Gasteiger partial charge in [-0.2, -0.15) is 0 Å². The van der Waals surface area contributed by atoms with Crippen molar-refractivity contribution in [3.63, 3.8) is 0 Å². The number of amides is 1. The van der Waals surface area contributed by atoms with Crippen LogP contribution < -0.4 is 10.2 Å². The molecule has 2 atom stereocenters. The van der Waals surface area contributed by atoms with E-state index in [2.05, 4.69) is 5.32 Å². The summed E-state index contributed by atoms with van der Waals surface area (Å²) in [4.78, 5) is 12.7. The molecule has 1 aliphatic rings. The molecule has 0 aliphatic carbocycles. The van der Waals surface area contributed by atoms with Crippen LogP contribution in [0.25, 0.3) is 0 Å². The van der Waals surface area contributed by atoms with Crippen molar-refractivity contribution >= 4 is 21.4 Å². The maximum Gasteiger partial charge on any atom is 0.279 e. The molecule has 1 saturated heterocycles. The van der Waals surface area contributed by atoms with Crippen LogP contribution in [0.15, 0.2) is 24.3 Å². The Morgan fingerprint density at radius 3 is 2.85 bits per heavy atom. The number of carbonyl (C=O) groups is 1. The zero-order valence-electron chi connectivity index (χ0n) is 11.2. The Morgan fingerprint density at radius 1 is 1.50 bits per heavy atom. The maximum absolute atomic E-state index is 13.0. The zero-order chi connectivity index (χ0) is 14.8. The van der Waals surface area contributed by atoms with Gasteiger partial charge in [-0.15, -0.1) is 0 Å². The number of carbonyl (C=O) groups excluding carboxylic acids is 1. The van der Waals surface area contributed by atoms with Crippen LogP contribution in [0, 0.1) is 5.82 Å². The largest absolute Gasteiger partial charge is 0.326 e. The third-order valence-electron chi connectivity index (χ3n) is 3.48. The number of benzene rings is 1. The van der Waals surface area contributed by atoms with Crippen molar-refractivity contribution in [3.05, 3.63) is 30.1 Å². The molecule has 7 heteroatoms. The zero-order valence-corrected chi connectivity index (χ0v) is 12.0. The van der Waals surface area contributed by atoms with Gasteiger partial charge in [-0.3, -0.25) is 4.79 Å². The van der Waals surface area contributed by atoms with Crippen molar-refractivity contribution in [2.24, 2.45) is 0 Å². The summed E-state index contributed by atoms with van der Waals surface area (Å²) >= 11 is 0. The van der Waals surface area contributed by atoms with Crippen molar-refractivity contribution < 1.29 is 22.5 Å². The summed E-state index contributed by atoms with van der Waals surface area (Å²) in [5.41, 5.74) is 0.404. The van der Waals surface area contributed by atoms with E-state index in [9.17, 15) is 17.6 Å². The molecule has 1 aromatic carbocycles. The fourth-order valence-corrected chi connectivity index (χ4v) is 4.23. The molecule has 1 heterocycles. The summed E-state index contributed by atoms with van der Waals surface area (Å²) in [5, 5.41) is 2.61. The number of hydrogen-bond donors (Lipinski definition) is 2. The normalized spacial score (nSPS) is 22.4. The molecule has 1 fully saturated rings. The van der Waals surface area contributed by atoms with Crippen LogP contribution in [0.2, 0.25) is 0 Å². The summed E-state index contributed by atoms with van der Waals surface area (Å²) in [5.74, 6) is -0.338. The highest BCUT2D eigenvalue weighted by Gasteiger charge is 2.34. The molecule has 1 aromatic rings. The standard InChI is InChI=1S/C13H17FN2O3S/c1-16(12-5-6-20(18,19)9-12)8-13(17)15-11-4-2-3-10(14)7-11/h2-4,7,12H,5-6,8-9H2,1H3,(H,15,17)/p+1/t12-/m0/s1. The molecule has 1 amide bonds. The number of quaternary nitrogens is 1. The molecule has 2 rings (SSSR count). The van der Waals surface area contributed by atoms with Crippen LogP contribution in [-0.2, 0) is 14.6 Å². The van der Waals surface area contributed by atoms with Gasteiger partial charge in [-0.05, 0) is 18.2 Å². The monoisotopic (exact) mass is 301 g/mol. The van der Waals surface area contributed by atoms with E-state index in [0.29, 0.717) is 12.1 Å². The van der Waals surface area contributed by atoms with Gasteiger partial charge in [0.05, 0.1) is 12.8 Å². The molecule has 110 valence electrons. The summed E-state index contributed by atoms with van der Waals surface area (Å²) in [6, 6.07) is 5.63. The Labute approximate surface area is 117 Å². The van der Waals surface area contributed by atoms with Gasteiger partial charge in [0.25, 0.3) is 5.91 Å². The van der Waals surface area contributed by atoms with Gasteiger partial charge in [0, 0.05) is 12.1 Å². The van der Waals surface area contributed by atoms with Gasteiger partial charge < -0.3 is 10.2 Å². The fourth-order valence-electron chi connectivity index (χ4n) is 2.35. The molecule has 0 bridgehead atoms. The SMILES string of the molecule is C[NH+](CC(=O)Nc1cccc(F)c1)[C@H]1CCS(=O)(=O)C1. The van der Waals surface area contributed by atoms with Crippen molar-refractivity contribution in [3.8, 4) is 0 Å². The molecule has 20 heavy (non-hydrogen) atoms. The second-order valence-corrected chi connectivity index (χ2v) is 7.41. The topological polar surface area (TPSA) is 67.7 Å². The van der Waals surface area contributed by atoms with Crippen LogP contribution in [0.1, 0.15) is 6.42 Å². The first-order valence-corrected chi connectivity index (χ1v) is 8.26. The summed E-state index contributed by atoms with van der Waals surface area (Å²) < 4.78 is 35.8. The third kappa shape index (κ3) is 4.01. The van der Waals surface area contributed by atoms with Crippen molar-refractivity contribution in [2.45, 2.75) is 12.5 Å². The number of rotatable bonds is 4. The Kier molecular flexibility index (Phi) is 4.39. The van der Waals surface area contributed by atoms with Gasteiger partial charge in [0.1, 0.15) is 17.6 Å². The molecule has 1 aliphatic heterocycles. The quantitative estimate of drug-likeness (QED) is 0.785. The minimum Gasteiger partial charge on any atom is -0.326 e. The molecule has 5 nitrogen and oxygen atoms in total. The van der Waals surface area contributed by atoms with Crippen LogP contribution in [0.4, 0.5) is 10.1 Å². The summed E-state index contributed by atoms with van der Waals surface area (Å²) in [7, 11) is -1.14. The Morgan fingerprint density at radius 2 is 2.25 bits per heavy atom. The average molecular weight is 301 g/mol. The van der Waals surface area contributed by atoms with Crippen LogP contribution in [-0.4, -0.2) is 45.5 Å². The molecule has 0 saturated carbocycles. The number of sulfone groups is 1. The molecule has 0 spiro atoms. The van der Waals surface area contributed by atoms with Gasteiger partial charge in [-0.25, -0.2) is 12.8 Å². The highest BCUT2D eigenvalue weighted by atomic mass is 32.2. The van der Waals surface area contributed by atoms with Gasteiger partial charge in [0.2, 0.25) is 0 Å². The first-order valence-electron chi connectivity index (χ1n) is 6.44. The average Bonchev–Trinajstić information content (AvgIpc) is 2.69. The smallest absolute Gasteiger partial charge is 0.279 e. The molecule has 1 unspecified atom stereocenters. The van der Waals surface area contributed by atoms with Gasteiger partial charge in [0.15, 0.2) is 16.4 Å². The Bertz CT molecular complexity index is 603. The summed E-state index contributed by atoms with van der Waals surface area (Å²) in [6.45, 7) is 0.163. The number of halogens is 1. The lowest BCUT2D eigenvalue weighted by Gasteiger charge is -2.19. The first-order chi connectivity index (χ1) is 9.35. The predicted octanol–water partition coefficient (Wildman–Crippen LogP) is -0.534. The lowest BCUT2D eigenvalue weighted by Crippen LogP contribution is -3.14. The maximum atomic E-state index is 13.0. The lowest BCUT2D eigenvalue weighted by atomic mass is 10.2. The predicted molar refractivity (Wildman–Crippen MR) is 73.8 cm³/mol. The molecular formula is C13H18FN2O3S+. The van der Waals surface area contributed by atoms with Crippen molar-refractivity contribution in [1.82, 2.24) is 0 Å². The third-order valence-corrected chi connectivity index (χ3v) is 5.25. The van der Waals surface area contributed by atoms with E-state index in [4.69, 9.17) is 0 Å². The molecular weight excluding hydrogens is 283 g/mol. The van der Waals surface area contributed by atoms with E-state index in [1.54, 1.807) is 13.1 Å². The lowest BCUT2D eigenvalue weighted by molar-refractivity contribution is -0.894. The first kappa shape index (κ1) is 14.9. The molecule has 2 N–H and O–H groups in total. The number of anilines is 1. The highest BCUT2D eigenvalue weighted by Crippen LogP contribution is 2.09. The number of likely N-dealkylation sites (N-methyl/N-ethyl adjacent to an activating group) is 1. The van der Waals surface area contributed by atoms with Gasteiger partial charge >= 0.3 is 0 Å². The second-order valence-electron chi connectivity index (χ2n) is 5.18. The van der Waals surface area contributed by atoms with Crippen LogP contribution >= 0.6 is 0 Å². The minimum absolute atomic E-state index is 0.0433. The minimum atomic E-state index is -2.94. The molecule has 0 aromatic heterocycles. The summed E-state index contributed by atoms with van der Waals surface area (Å²) in [6.07, 6.45) is 0.585. The van der Waals surface area contributed by atoms with Gasteiger partial charge in [-0.1, -0.05) is 6.07 Å². The van der Waals surface area contributed by atoms with Crippen molar-refractivity contribution in [2.75, 3.05) is 30.4 Å². The van der Waals surface area contributed by atoms with E-state index in [0.717, 1.165) is 4.90 Å². The van der Waals surface area contributed by atoms with Crippen LogP contribution in [0.5, 0.6) is 0 Å². The van der Waals surface area contributed by atoms with Crippen LogP contribution in [0.3, 0.4) is 0 Å². The van der Waals surface area contributed by atoms with Crippen molar-refractivity contribution in [1.29, 1.82) is 0 Å². The fraction of sp³-hybridized carbons (Fsp3) is 0.462. The van der Waals surface area contributed by atoms with E-state index in [-0.39, 0.29) is 30.0 Å². The number of nitrogens with one attached hydrogen (secondary N) is 2. The Balaban J connectivity index is 1.88. The number of hydrogen-bond acceptors (Lipinski definition) is 3. The molecule has 0 radical (unpaired) electrons.